The Bertz CT molecular complexity index is 911. The Labute approximate surface area is 139 Å². The average molecular weight is 319 g/mol. The van der Waals surface area contributed by atoms with Gasteiger partial charge in [0.1, 0.15) is 5.69 Å². The number of aromatic nitrogens is 2. The molecule has 0 bridgehead atoms. The zero-order valence-electron chi connectivity index (χ0n) is 13.2. The first kappa shape index (κ1) is 14.6. The Morgan fingerprint density at radius 3 is 2.83 bits per heavy atom. The molecule has 4 rings (SSSR count). The second-order valence-corrected chi connectivity index (χ2v) is 5.95. The van der Waals surface area contributed by atoms with E-state index in [4.69, 9.17) is 4.52 Å². The second-order valence-electron chi connectivity index (χ2n) is 5.95. The number of hydrogen-bond acceptors (Lipinski definition) is 4. The van der Waals surface area contributed by atoms with Gasteiger partial charge in [-0.15, -0.1) is 6.58 Å². The standard InChI is InChI=1S/C19H17N3O2/c1-2-10-20-18(23)14-11-15(12-8-9-12)21-19-16(14)17(22-24-19)13-6-4-3-5-7-13/h2-7,11-12H,1,8-10H2,(H,20,23). The highest BCUT2D eigenvalue weighted by molar-refractivity contribution is 6.09. The van der Waals surface area contributed by atoms with E-state index in [0.29, 0.717) is 34.8 Å². The Hall–Kier alpha value is -2.95. The van der Waals surface area contributed by atoms with E-state index in [1.54, 1.807) is 6.08 Å². The molecule has 1 aliphatic rings. The molecule has 1 aliphatic carbocycles. The highest BCUT2D eigenvalue weighted by Crippen LogP contribution is 2.41. The van der Waals surface area contributed by atoms with E-state index in [1.165, 1.54) is 0 Å². The number of hydrogen-bond donors (Lipinski definition) is 1. The number of nitrogens with one attached hydrogen (secondary N) is 1. The van der Waals surface area contributed by atoms with Gasteiger partial charge in [0, 0.05) is 23.7 Å². The molecule has 0 spiro atoms. The molecular formula is C19H17N3O2. The van der Waals surface area contributed by atoms with Crippen molar-refractivity contribution in [2.24, 2.45) is 0 Å². The molecule has 0 unspecified atom stereocenters. The summed E-state index contributed by atoms with van der Waals surface area (Å²) in [5.41, 5.74) is 3.42. The molecule has 0 saturated heterocycles. The molecule has 1 amide bonds. The minimum absolute atomic E-state index is 0.162. The maximum atomic E-state index is 12.6. The molecule has 0 radical (unpaired) electrons. The molecule has 5 nitrogen and oxygen atoms in total. The third-order valence-electron chi connectivity index (χ3n) is 4.16. The zero-order valence-corrected chi connectivity index (χ0v) is 13.2. The Balaban J connectivity index is 1.90. The largest absolute Gasteiger partial charge is 0.349 e. The number of carbonyl (C=O) groups excluding carboxylic acids is 1. The first-order chi connectivity index (χ1) is 11.8. The maximum Gasteiger partial charge on any atom is 0.259 e. The third-order valence-corrected chi connectivity index (χ3v) is 4.16. The fourth-order valence-corrected chi connectivity index (χ4v) is 2.79. The van der Waals surface area contributed by atoms with Crippen LogP contribution in [-0.2, 0) is 0 Å². The molecule has 2 aromatic heterocycles. The highest BCUT2D eigenvalue weighted by atomic mass is 16.5. The summed E-state index contributed by atoms with van der Waals surface area (Å²) in [6.07, 6.45) is 3.86. The van der Waals surface area contributed by atoms with Crippen LogP contribution in [0.2, 0.25) is 0 Å². The molecule has 3 aromatic rings. The SMILES string of the molecule is C=CCNC(=O)c1cc(C2CC2)nc2onc(-c3ccccc3)c12. The van der Waals surface area contributed by atoms with E-state index in [-0.39, 0.29) is 5.91 Å². The topological polar surface area (TPSA) is 68.0 Å². The molecule has 0 atom stereocenters. The fraction of sp³-hybridized carbons (Fsp3) is 0.211. The number of benzene rings is 1. The van der Waals surface area contributed by atoms with Crippen LogP contribution in [0.5, 0.6) is 0 Å². The van der Waals surface area contributed by atoms with Crippen molar-refractivity contribution in [1.29, 1.82) is 0 Å². The highest BCUT2D eigenvalue weighted by Gasteiger charge is 2.29. The van der Waals surface area contributed by atoms with Crippen LogP contribution in [0.4, 0.5) is 0 Å². The monoisotopic (exact) mass is 319 g/mol. The molecule has 24 heavy (non-hydrogen) atoms. The minimum atomic E-state index is -0.162. The van der Waals surface area contributed by atoms with E-state index in [0.717, 1.165) is 24.1 Å². The number of pyridine rings is 1. The van der Waals surface area contributed by atoms with Gasteiger partial charge in [0.15, 0.2) is 0 Å². The van der Waals surface area contributed by atoms with Crippen molar-refractivity contribution < 1.29 is 9.32 Å². The summed E-state index contributed by atoms with van der Waals surface area (Å²) >= 11 is 0. The van der Waals surface area contributed by atoms with Gasteiger partial charge in [0.2, 0.25) is 0 Å². The number of fused-ring (bicyclic) bond motifs is 1. The van der Waals surface area contributed by atoms with Crippen LogP contribution in [0.15, 0.2) is 53.6 Å². The molecule has 5 heteroatoms. The molecule has 1 aromatic carbocycles. The fourth-order valence-electron chi connectivity index (χ4n) is 2.79. The van der Waals surface area contributed by atoms with Crippen LogP contribution >= 0.6 is 0 Å². The minimum Gasteiger partial charge on any atom is -0.349 e. The van der Waals surface area contributed by atoms with Gasteiger partial charge < -0.3 is 9.84 Å². The zero-order chi connectivity index (χ0) is 16.5. The third kappa shape index (κ3) is 2.58. The summed E-state index contributed by atoms with van der Waals surface area (Å²) in [7, 11) is 0. The summed E-state index contributed by atoms with van der Waals surface area (Å²) in [4.78, 5) is 17.2. The molecule has 0 aliphatic heterocycles. The van der Waals surface area contributed by atoms with E-state index < -0.39 is 0 Å². The number of amides is 1. The van der Waals surface area contributed by atoms with Gasteiger partial charge in [-0.1, -0.05) is 41.6 Å². The van der Waals surface area contributed by atoms with E-state index in [2.05, 4.69) is 22.0 Å². The van der Waals surface area contributed by atoms with Crippen molar-refractivity contribution in [3.05, 3.63) is 60.3 Å². The first-order valence-corrected chi connectivity index (χ1v) is 8.02. The molecule has 2 heterocycles. The normalized spacial score (nSPS) is 13.8. The smallest absolute Gasteiger partial charge is 0.259 e. The van der Waals surface area contributed by atoms with E-state index in [9.17, 15) is 4.79 Å². The lowest BCUT2D eigenvalue weighted by atomic mass is 10.0. The molecule has 1 fully saturated rings. The van der Waals surface area contributed by atoms with E-state index >= 15 is 0 Å². The number of carbonyl (C=O) groups is 1. The molecule has 1 N–H and O–H groups in total. The molecule has 120 valence electrons. The van der Waals surface area contributed by atoms with Crippen LogP contribution < -0.4 is 5.32 Å². The summed E-state index contributed by atoms with van der Waals surface area (Å²) in [6.45, 7) is 4.05. The lowest BCUT2D eigenvalue weighted by Gasteiger charge is -2.07. The summed E-state index contributed by atoms with van der Waals surface area (Å²) in [6, 6.07) is 11.6. The summed E-state index contributed by atoms with van der Waals surface area (Å²) < 4.78 is 5.46. The van der Waals surface area contributed by atoms with Crippen molar-refractivity contribution in [3.8, 4) is 11.3 Å². The van der Waals surface area contributed by atoms with Gasteiger partial charge in [-0.2, -0.15) is 0 Å². The van der Waals surface area contributed by atoms with Gasteiger partial charge in [0.05, 0.1) is 10.9 Å². The number of rotatable bonds is 5. The second kappa shape index (κ2) is 5.92. The van der Waals surface area contributed by atoms with Crippen LogP contribution in [0, 0.1) is 0 Å². The van der Waals surface area contributed by atoms with Crippen molar-refractivity contribution in [2.75, 3.05) is 6.54 Å². The van der Waals surface area contributed by atoms with Crippen LogP contribution in [-0.4, -0.2) is 22.6 Å². The summed E-state index contributed by atoms with van der Waals surface area (Å²) in [5.74, 6) is 0.259. The predicted molar refractivity (Wildman–Crippen MR) is 91.7 cm³/mol. The van der Waals surface area contributed by atoms with E-state index in [1.807, 2.05) is 36.4 Å². The lowest BCUT2D eigenvalue weighted by Crippen LogP contribution is -2.23. The number of nitrogens with zero attached hydrogens (tertiary/aromatic N) is 2. The maximum absolute atomic E-state index is 12.6. The average Bonchev–Trinajstić information content (AvgIpc) is 3.39. The quantitative estimate of drug-likeness (QED) is 0.728. The van der Waals surface area contributed by atoms with Crippen molar-refractivity contribution in [1.82, 2.24) is 15.5 Å². The van der Waals surface area contributed by atoms with Gasteiger partial charge in [-0.05, 0) is 18.9 Å². The van der Waals surface area contributed by atoms with Crippen LogP contribution in [0.25, 0.3) is 22.4 Å². The lowest BCUT2D eigenvalue weighted by molar-refractivity contribution is 0.0959. The van der Waals surface area contributed by atoms with Gasteiger partial charge in [-0.25, -0.2) is 4.98 Å². The Morgan fingerprint density at radius 2 is 2.12 bits per heavy atom. The van der Waals surface area contributed by atoms with Crippen LogP contribution in [0.3, 0.4) is 0 Å². The predicted octanol–water partition coefficient (Wildman–Crippen LogP) is 3.68. The Kier molecular flexibility index (Phi) is 3.61. The van der Waals surface area contributed by atoms with Gasteiger partial charge in [0.25, 0.3) is 11.6 Å². The van der Waals surface area contributed by atoms with Crippen molar-refractivity contribution >= 4 is 17.0 Å². The van der Waals surface area contributed by atoms with Crippen molar-refractivity contribution in [3.63, 3.8) is 0 Å². The van der Waals surface area contributed by atoms with Gasteiger partial charge >= 0.3 is 0 Å². The Morgan fingerprint density at radius 1 is 1.33 bits per heavy atom. The van der Waals surface area contributed by atoms with Crippen LogP contribution in [0.1, 0.15) is 34.8 Å². The van der Waals surface area contributed by atoms with Crippen molar-refractivity contribution in [2.45, 2.75) is 18.8 Å². The summed E-state index contributed by atoms with van der Waals surface area (Å²) in [5, 5.41) is 7.67. The van der Waals surface area contributed by atoms with Gasteiger partial charge in [-0.3, -0.25) is 4.79 Å². The molecule has 1 saturated carbocycles. The first-order valence-electron chi connectivity index (χ1n) is 8.02. The molecular weight excluding hydrogens is 302 g/mol.